The van der Waals surface area contributed by atoms with Crippen molar-refractivity contribution in [1.82, 2.24) is 0 Å². The lowest BCUT2D eigenvalue weighted by Gasteiger charge is -2.00. The van der Waals surface area contributed by atoms with Gasteiger partial charge in [-0.25, -0.2) is 0 Å². The van der Waals surface area contributed by atoms with Crippen molar-refractivity contribution in [3.8, 4) is 5.75 Å². The minimum atomic E-state index is -0.0208. The molecule has 0 aliphatic heterocycles. The molecule has 84 valence electrons. The Kier molecular flexibility index (Phi) is 4.99. The average Bonchev–Trinajstić information content (AvgIpc) is 2.27. The molecule has 0 unspecified atom stereocenters. The third-order valence-corrected chi connectivity index (χ3v) is 1.96. The number of hydrogen-bond donors (Lipinski definition) is 0. The minimum absolute atomic E-state index is 0.0208. The lowest BCUT2D eigenvalue weighted by molar-refractivity contribution is -0.108. The Morgan fingerprint density at radius 2 is 1.69 bits per heavy atom. The fraction of sp³-hybridized carbons (Fsp3) is 0.154. The Balaban J connectivity index is 0.000000280. The van der Waals surface area contributed by atoms with E-state index in [1.807, 2.05) is 24.3 Å². The summed E-state index contributed by atoms with van der Waals surface area (Å²) in [5, 5.41) is 2.47. The molecule has 0 N–H and O–H groups in total. The van der Waals surface area contributed by atoms with Gasteiger partial charge in [0.25, 0.3) is 0 Å². The first kappa shape index (κ1) is 12.7. The van der Waals surface area contributed by atoms with Gasteiger partial charge in [0.1, 0.15) is 5.75 Å². The summed E-state index contributed by atoms with van der Waals surface area (Å²) in [6.45, 7) is 1.44. The van der Waals surface area contributed by atoms with Gasteiger partial charge in [-0.2, -0.15) is 0 Å². The van der Waals surface area contributed by atoms with Crippen LogP contribution in [0.25, 0.3) is 10.8 Å². The second-order valence-electron chi connectivity index (χ2n) is 3.18. The first-order valence-corrected chi connectivity index (χ1v) is 5.61. The number of benzene rings is 2. The second kappa shape index (κ2) is 6.28. The number of rotatable bonds is 1. The van der Waals surface area contributed by atoms with Crippen molar-refractivity contribution in [2.75, 3.05) is 7.11 Å². The molecule has 0 saturated carbocycles. The summed E-state index contributed by atoms with van der Waals surface area (Å²) in [6, 6.07) is 14.3. The van der Waals surface area contributed by atoms with E-state index in [2.05, 4.69) is 34.1 Å². The number of ether oxygens (including phenoxy) is 1. The summed E-state index contributed by atoms with van der Waals surface area (Å²) < 4.78 is 5.10. The Morgan fingerprint density at radius 1 is 1.12 bits per heavy atom. The predicted molar refractivity (Wildman–Crippen MR) is 70.1 cm³/mol. The van der Waals surface area contributed by atoms with E-state index < -0.39 is 0 Å². The molecule has 0 aliphatic carbocycles. The molecule has 2 nitrogen and oxygen atoms in total. The van der Waals surface area contributed by atoms with Gasteiger partial charge < -0.3 is 4.74 Å². The van der Waals surface area contributed by atoms with Crippen molar-refractivity contribution in [3.05, 3.63) is 42.5 Å². The van der Waals surface area contributed by atoms with Gasteiger partial charge >= 0.3 is 0 Å². The first-order valence-electron chi connectivity index (χ1n) is 4.82. The molecule has 0 spiro atoms. The zero-order valence-corrected chi connectivity index (χ0v) is 10.8. The average molecular weight is 281 g/mol. The second-order valence-corrected chi connectivity index (χ2v) is 4.30. The van der Waals surface area contributed by atoms with Crippen LogP contribution in [0.1, 0.15) is 6.92 Å². The molecule has 0 radical (unpaired) electrons. The highest BCUT2D eigenvalue weighted by atomic mass is 79.9. The van der Waals surface area contributed by atoms with E-state index in [9.17, 15) is 4.79 Å². The number of halogens is 1. The Morgan fingerprint density at radius 3 is 2.25 bits per heavy atom. The van der Waals surface area contributed by atoms with Crippen LogP contribution < -0.4 is 4.74 Å². The van der Waals surface area contributed by atoms with Crippen molar-refractivity contribution in [2.45, 2.75) is 6.92 Å². The van der Waals surface area contributed by atoms with E-state index in [1.165, 1.54) is 17.7 Å². The van der Waals surface area contributed by atoms with Gasteiger partial charge in [0.15, 0.2) is 4.69 Å². The van der Waals surface area contributed by atoms with Gasteiger partial charge in [-0.1, -0.05) is 30.3 Å². The molecule has 0 aromatic heterocycles. The maximum absolute atomic E-state index is 9.36. The zero-order valence-electron chi connectivity index (χ0n) is 9.24. The fourth-order valence-corrected chi connectivity index (χ4v) is 1.29. The quantitative estimate of drug-likeness (QED) is 0.744. The normalized spacial score (nSPS) is 9.19. The molecule has 0 saturated heterocycles. The van der Waals surface area contributed by atoms with Crippen molar-refractivity contribution >= 4 is 31.4 Å². The third kappa shape index (κ3) is 4.03. The van der Waals surface area contributed by atoms with Gasteiger partial charge in [-0.05, 0) is 38.8 Å². The number of carbonyl (C=O) groups excluding carboxylic acids is 1. The number of methoxy groups -OCH3 is 1. The van der Waals surface area contributed by atoms with Crippen LogP contribution in [0.4, 0.5) is 0 Å². The van der Waals surface area contributed by atoms with Crippen LogP contribution in [0.15, 0.2) is 42.5 Å². The largest absolute Gasteiger partial charge is 0.497 e. The summed E-state index contributed by atoms with van der Waals surface area (Å²) in [5.41, 5.74) is 0. The van der Waals surface area contributed by atoms with Gasteiger partial charge in [-0.3, -0.25) is 4.79 Å². The molecule has 0 heterocycles. The van der Waals surface area contributed by atoms with E-state index in [1.54, 1.807) is 7.11 Å². The highest BCUT2D eigenvalue weighted by molar-refractivity contribution is 9.18. The smallest absolute Gasteiger partial charge is 0.194 e. The van der Waals surface area contributed by atoms with Crippen LogP contribution in [-0.4, -0.2) is 11.8 Å². The monoisotopic (exact) mass is 280 g/mol. The lowest BCUT2D eigenvalue weighted by Crippen LogP contribution is -1.81. The molecule has 2 aromatic rings. The lowest BCUT2D eigenvalue weighted by atomic mass is 10.1. The summed E-state index contributed by atoms with van der Waals surface area (Å²) in [7, 11) is 1.68. The van der Waals surface area contributed by atoms with Crippen molar-refractivity contribution in [2.24, 2.45) is 0 Å². The van der Waals surface area contributed by atoms with Gasteiger partial charge in [0, 0.05) is 6.92 Å². The van der Waals surface area contributed by atoms with Crippen LogP contribution in [0, 0.1) is 0 Å². The minimum Gasteiger partial charge on any atom is -0.497 e. The zero-order chi connectivity index (χ0) is 12.0. The van der Waals surface area contributed by atoms with Gasteiger partial charge in [-0.15, -0.1) is 0 Å². The van der Waals surface area contributed by atoms with E-state index in [-0.39, 0.29) is 4.69 Å². The molecule has 3 heteroatoms. The predicted octanol–water partition coefficient (Wildman–Crippen LogP) is 3.78. The van der Waals surface area contributed by atoms with Gasteiger partial charge in [0.2, 0.25) is 0 Å². The van der Waals surface area contributed by atoms with Crippen LogP contribution in [0.2, 0.25) is 0 Å². The van der Waals surface area contributed by atoms with Crippen LogP contribution in [0.5, 0.6) is 5.75 Å². The maximum atomic E-state index is 9.36. The molecule has 0 atom stereocenters. The van der Waals surface area contributed by atoms with Gasteiger partial charge in [0.05, 0.1) is 7.11 Å². The number of fused-ring (bicyclic) bond motifs is 1. The summed E-state index contributed by atoms with van der Waals surface area (Å²) >= 11 is 2.63. The summed E-state index contributed by atoms with van der Waals surface area (Å²) in [6.07, 6.45) is 0. The molecule has 2 aromatic carbocycles. The summed E-state index contributed by atoms with van der Waals surface area (Å²) in [4.78, 5) is 9.36. The molecule has 0 bridgehead atoms. The van der Waals surface area contributed by atoms with E-state index in [0.717, 1.165) is 5.75 Å². The standard InChI is InChI=1S/C11H10O.C2H3BrO/c1-12-11-7-6-9-4-2-3-5-10(9)8-11;1-2(3)4/h2-8H,1H3;1H3. The molecule has 2 rings (SSSR count). The van der Waals surface area contributed by atoms with E-state index in [4.69, 9.17) is 4.74 Å². The van der Waals surface area contributed by atoms with Crippen molar-refractivity contribution in [1.29, 1.82) is 0 Å². The van der Waals surface area contributed by atoms with Crippen molar-refractivity contribution in [3.63, 3.8) is 0 Å². The van der Waals surface area contributed by atoms with Crippen LogP contribution >= 0.6 is 15.9 Å². The number of hydrogen-bond acceptors (Lipinski definition) is 2. The molecule has 0 fully saturated rings. The highest BCUT2D eigenvalue weighted by Gasteiger charge is 1.93. The van der Waals surface area contributed by atoms with E-state index in [0.29, 0.717) is 0 Å². The molecule has 16 heavy (non-hydrogen) atoms. The van der Waals surface area contributed by atoms with Crippen molar-refractivity contribution < 1.29 is 9.53 Å². The summed E-state index contributed by atoms with van der Waals surface area (Å²) in [5.74, 6) is 0.911. The Labute approximate surface area is 103 Å². The van der Waals surface area contributed by atoms with E-state index >= 15 is 0 Å². The van der Waals surface area contributed by atoms with Crippen LogP contribution in [0.3, 0.4) is 0 Å². The SMILES string of the molecule is CC(=O)Br.COc1ccc2ccccc2c1. The maximum Gasteiger partial charge on any atom is 0.194 e. The molecular formula is C13H13BrO2. The first-order chi connectivity index (χ1) is 7.63. The fourth-order valence-electron chi connectivity index (χ4n) is 1.29. The highest BCUT2D eigenvalue weighted by Crippen LogP contribution is 2.19. The Hall–Kier alpha value is -1.35. The molecular weight excluding hydrogens is 268 g/mol. The molecule has 0 aliphatic rings. The van der Waals surface area contributed by atoms with Crippen LogP contribution in [-0.2, 0) is 4.79 Å². The molecule has 0 amide bonds. The number of carbonyl (C=O) groups is 1. The Bertz CT molecular complexity index is 476. The third-order valence-electron chi connectivity index (χ3n) is 1.96. The topological polar surface area (TPSA) is 26.3 Å².